The van der Waals surface area contributed by atoms with E-state index in [2.05, 4.69) is 24.0 Å². The minimum Gasteiger partial charge on any atom is -0.337 e. The van der Waals surface area contributed by atoms with Gasteiger partial charge in [-0.25, -0.2) is 0 Å². The van der Waals surface area contributed by atoms with Crippen molar-refractivity contribution >= 4 is 5.91 Å². The second-order valence-corrected chi connectivity index (χ2v) is 6.88. The monoisotopic (exact) mass is 341 g/mol. The number of amides is 1. The van der Waals surface area contributed by atoms with Crippen LogP contribution in [0.15, 0.2) is 28.8 Å². The summed E-state index contributed by atoms with van der Waals surface area (Å²) in [6.45, 7) is 4.99. The van der Waals surface area contributed by atoms with Crippen molar-refractivity contribution in [3.8, 4) is 11.4 Å². The van der Waals surface area contributed by atoms with Crippen LogP contribution in [0.1, 0.15) is 69.4 Å². The van der Waals surface area contributed by atoms with Crippen LogP contribution >= 0.6 is 0 Å². The molecule has 0 spiro atoms. The molecular weight excluding hydrogens is 314 g/mol. The van der Waals surface area contributed by atoms with Crippen molar-refractivity contribution in [1.29, 1.82) is 0 Å². The molecule has 0 saturated carbocycles. The molecule has 5 nitrogen and oxygen atoms in total. The van der Waals surface area contributed by atoms with Crippen LogP contribution in [-0.4, -0.2) is 27.5 Å². The Morgan fingerprint density at radius 1 is 1.24 bits per heavy atom. The molecular formula is C20H27N3O2. The number of likely N-dealkylation sites (tertiary alicyclic amines) is 1. The van der Waals surface area contributed by atoms with Crippen LogP contribution in [0.4, 0.5) is 0 Å². The molecule has 0 bridgehead atoms. The summed E-state index contributed by atoms with van der Waals surface area (Å²) in [5, 5.41) is 4.14. The molecule has 1 aromatic heterocycles. The number of carbonyl (C=O) groups is 1. The first-order valence-corrected chi connectivity index (χ1v) is 9.39. The predicted octanol–water partition coefficient (Wildman–Crippen LogP) is 4.68. The lowest BCUT2D eigenvalue weighted by atomic mass is 10.0. The Morgan fingerprint density at radius 3 is 2.80 bits per heavy atom. The number of benzene rings is 1. The van der Waals surface area contributed by atoms with E-state index in [9.17, 15) is 4.79 Å². The van der Waals surface area contributed by atoms with Gasteiger partial charge in [0.2, 0.25) is 17.6 Å². The number of aryl methyl sites for hydroxylation is 1. The van der Waals surface area contributed by atoms with Crippen LogP contribution in [0.25, 0.3) is 11.4 Å². The number of carbonyl (C=O) groups excluding carboxylic acids is 1. The molecule has 0 radical (unpaired) electrons. The van der Waals surface area contributed by atoms with Gasteiger partial charge in [-0.15, -0.1) is 0 Å². The smallest absolute Gasteiger partial charge is 0.249 e. The zero-order valence-electron chi connectivity index (χ0n) is 15.2. The summed E-state index contributed by atoms with van der Waals surface area (Å²) < 4.78 is 5.54. The van der Waals surface area contributed by atoms with Gasteiger partial charge in [0.25, 0.3) is 0 Å². The lowest BCUT2D eigenvalue weighted by Gasteiger charge is -2.33. The van der Waals surface area contributed by atoms with Crippen molar-refractivity contribution in [2.45, 2.75) is 64.8 Å². The van der Waals surface area contributed by atoms with Gasteiger partial charge < -0.3 is 9.42 Å². The number of rotatable bonds is 6. The van der Waals surface area contributed by atoms with Crippen molar-refractivity contribution < 1.29 is 9.32 Å². The van der Waals surface area contributed by atoms with E-state index in [0.717, 1.165) is 50.6 Å². The number of hydrogen-bond donors (Lipinski definition) is 0. The molecule has 5 heteroatoms. The molecule has 1 atom stereocenters. The Hall–Kier alpha value is -2.17. The van der Waals surface area contributed by atoms with E-state index in [-0.39, 0.29) is 11.9 Å². The predicted molar refractivity (Wildman–Crippen MR) is 96.9 cm³/mol. The topological polar surface area (TPSA) is 59.2 Å². The Bertz CT molecular complexity index is 693. The molecule has 1 aliphatic heterocycles. The molecule has 1 fully saturated rings. The Kier molecular flexibility index (Phi) is 5.84. The highest BCUT2D eigenvalue weighted by molar-refractivity contribution is 5.76. The van der Waals surface area contributed by atoms with Gasteiger partial charge in [-0.1, -0.05) is 54.8 Å². The van der Waals surface area contributed by atoms with Gasteiger partial charge in [-0.2, -0.15) is 4.98 Å². The van der Waals surface area contributed by atoms with E-state index < -0.39 is 0 Å². The van der Waals surface area contributed by atoms with Crippen LogP contribution in [0.3, 0.4) is 0 Å². The number of aromatic nitrogens is 2. The fraction of sp³-hybridized carbons (Fsp3) is 0.550. The molecule has 3 rings (SSSR count). The molecule has 2 heterocycles. The molecule has 1 saturated heterocycles. The highest BCUT2D eigenvalue weighted by atomic mass is 16.5. The van der Waals surface area contributed by atoms with Gasteiger partial charge in [-0.3, -0.25) is 4.79 Å². The summed E-state index contributed by atoms with van der Waals surface area (Å²) >= 11 is 0. The maximum Gasteiger partial charge on any atom is 0.249 e. The van der Waals surface area contributed by atoms with Crippen molar-refractivity contribution in [3.63, 3.8) is 0 Å². The quantitative estimate of drug-likeness (QED) is 0.716. The van der Waals surface area contributed by atoms with E-state index in [4.69, 9.17) is 4.52 Å². The summed E-state index contributed by atoms with van der Waals surface area (Å²) in [4.78, 5) is 19.1. The Labute approximate surface area is 149 Å². The fourth-order valence-corrected chi connectivity index (χ4v) is 3.35. The standard InChI is InChI=1S/C20H27N3O2/c1-3-4-5-9-18(24)23-14-7-6-8-17(23)20-21-19(22-25-20)16-12-10-15(2)11-13-16/h10-13,17H,3-9,14H2,1-2H3/t17-/m1/s1. The minimum atomic E-state index is -0.0745. The zero-order valence-corrected chi connectivity index (χ0v) is 15.2. The van der Waals surface area contributed by atoms with Gasteiger partial charge in [0.1, 0.15) is 6.04 Å². The van der Waals surface area contributed by atoms with Crippen LogP contribution in [0.2, 0.25) is 0 Å². The zero-order chi connectivity index (χ0) is 17.6. The molecule has 134 valence electrons. The van der Waals surface area contributed by atoms with Crippen LogP contribution in [0.5, 0.6) is 0 Å². The fourth-order valence-electron chi connectivity index (χ4n) is 3.35. The first-order chi connectivity index (χ1) is 12.2. The van der Waals surface area contributed by atoms with Gasteiger partial charge in [-0.05, 0) is 32.6 Å². The Morgan fingerprint density at radius 2 is 2.04 bits per heavy atom. The van der Waals surface area contributed by atoms with E-state index in [1.54, 1.807) is 0 Å². The molecule has 1 aromatic carbocycles. The average molecular weight is 341 g/mol. The van der Waals surface area contributed by atoms with Gasteiger partial charge in [0.05, 0.1) is 0 Å². The Balaban J connectivity index is 1.74. The highest BCUT2D eigenvalue weighted by Gasteiger charge is 2.31. The number of hydrogen-bond acceptors (Lipinski definition) is 4. The lowest BCUT2D eigenvalue weighted by molar-refractivity contribution is -0.135. The van der Waals surface area contributed by atoms with Gasteiger partial charge >= 0.3 is 0 Å². The van der Waals surface area contributed by atoms with E-state index in [1.165, 1.54) is 5.56 Å². The van der Waals surface area contributed by atoms with E-state index in [0.29, 0.717) is 18.1 Å². The maximum absolute atomic E-state index is 12.6. The van der Waals surface area contributed by atoms with Crippen molar-refractivity contribution in [1.82, 2.24) is 15.0 Å². The SMILES string of the molecule is CCCCCC(=O)N1CCCC[C@@H]1c1nc(-c2ccc(C)cc2)no1. The largest absolute Gasteiger partial charge is 0.337 e. The molecule has 0 N–H and O–H groups in total. The van der Waals surface area contributed by atoms with Gasteiger partial charge in [0.15, 0.2) is 0 Å². The molecule has 1 aliphatic rings. The minimum absolute atomic E-state index is 0.0745. The molecule has 1 amide bonds. The maximum atomic E-state index is 12.6. The first-order valence-electron chi connectivity index (χ1n) is 9.39. The summed E-state index contributed by atoms with van der Waals surface area (Å²) in [7, 11) is 0. The number of unbranched alkanes of at least 4 members (excludes halogenated alkanes) is 2. The van der Waals surface area contributed by atoms with E-state index >= 15 is 0 Å². The number of piperidine rings is 1. The summed E-state index contributed by atoms with van der Waals surface area (Å²) in [6.07, 6.45) is 6.83. The second kappa shape index (κ2) is 8.28. The number of nitrogens with zero attached hydrogens (tertiary/aromatic N) is 3. The van der Waals surface area contributed by atoms with Crippen LogP contribution in [-0.2, 0) is 4.79 Å². The third-order valence-electron chi connectivity index (χ3n) is 4.85. The molecule has 2 aromatic rings. The summed E-state index contributed by atoms with van der Waals surface area (Å²) in [5.74, 6) is 1.38. The summed E-state index contributed by atoms with van der Waals surface area (Å²) in [6, 6.07) is 8.00. The van der Waals surface area contributed by atoms with E-state index in [1.807, 2.05) is 29.2 Å². The second-order valence-electron chi connectivity index (χ2n) is 6.88. The average Bonchev–Trinajstić information content (AvgIpc) is 3.12. The first kappa shape index (κ1) is 17.6. The van der Waals surface area contributed by atoms with Crippen molar-refractivity contribution in [2.24, 2.45) is 0 Å². The van der Waals surface area contributed by atoms with Crippen molar-refractivity contribution in [2.75, 3.05) is 6.54 Å². The van der Waals surface area contributed by atoms with Crippen LogP contribution in [0, 0.1) is 6.92 Å². The summed E-state index contributed by atoms with van der Waals surface area (Å²) in [5.41, 5.74) is 2.14. The molecule has 25 heavy (non-hydrogen) atoms. The highest BCUT2D eigenvalue weighted by Crippen LogP contribution is 2.32. The van der Waals surface area contributed by atoms with Gasteiger partial charge in [0, 0.05) is 18.5 Å². The third kappa shape index (κ3) is 4.27. The molecule has 0 unspecified atom stereocenters. The third-order valence-corrected chi connectivity index (χ3v) is 4.85. The van der Waals surface area contributed by atoms with Crippen molar-refractivity contribution in [3.05, 3.63) is 35.7 Å². The lowest BCUT2D eigenvalue weighted by Crippen LogP contribution is -2.38. The molecule has 0 aliphatic carbocycles. The van der Waals surface area contributed by atoms with Crippen LogP contribution < -0.4 is 0 Å². The normalized spacial score (nSPS) is 17.7.